The average Bonchev–Trinajstić information content (AvgIpc) is 3.29. The monoisotopic (exact) mass is 473 g/mol. The van der Waals surface area contributed by atoms with Crippen LogP contribution in [-0.4, -0.2) is 45.6 Å². The summed E-state index contributed by atoms with van der Waals surface area (Å²) >= 11 is 0. The summed E-state index contributed by atoms with van der Waals surface area (Å²) in [4.78, 5) is 44.6. The number of likely N-dealkylation sites (tertiary alicyclic amines) is 2. The third-order valence-electron chi connectivity index (χ3n) is 6.34. The van der Waals surface area contributed by atoms with Crippen LogP contribution in [0.4, 0.5) is 13.2 Å². The van der Waals surface area contributed by atoms with Crippen LogP contribution in [0.2, 0.25) is 0 Å². The highest BCUT2D eigenvalue weighted by Gasteiger charge is 2.33. The molecule has 4 rings (SSSR count). The lowest BCUT2D eigenvalue weighted by Crippen LogP contribution is -2.42. The van der Waals surface area contributed by atoms with Gasteiger partial charge in [0, 0.05) is 44.5 Å². The van der Waals surface area contributed by atoms with E-state index in [9.17, 15) is 27.6 Å². The van der Waals surface area contributed by atoms with E-state index in [1.54, 1.807) is 4.90 Å². The van der Waals surface area contributed by atoms with Gasteiger partial charge in [-0.3, -0.25) is 24.3 Å². The Morgan fingerprint density at radius 3 is 2.38 bits per heavy atom. The van der Waals surface area contributed by atoms with Crippen LogP contribution in [0.15, 0.2) is 42.5 Å². The summed E-state index contributed by atoms with van der Waals surface area (Å²) in [6.45, 7) is 0.678. The predicted molar refractivity (Wildman–Crippen MR) is 117 cm³/mol. The van der Waals surface area contributed by atoms with Gasteiger partial charge >= 0.3 is 6.18 Å². The Labute approximate surface area is 195 Å². The normalized spacial score (nSPS) is 19.1. The first kappa shape index (κ1) is 23.9. The number of hydrogen-bond donors (Lipinski definition) is 0. The maximum absolute atomic E-state index is 12.9. The van der Waals surface area contributed by atoms with E-state index < -0.39 is 11.7 Å². The molecule has 1 aromatic carbocycles. The van der Waals surface area contributed by atoms with E-state index in [4.69, 9.17) is 4.98 Å². The molecule has 0 radical (unpaired) electrons. The van der Waals surface area contributed by atoms with E-state index in [2.05, 4.69) is 0 Å². The molecule has 2 aromatic rings. The molecular weight excluding hydrogens is 447 g/mol. The smallest absolute Gasteiger partial charge is 0.334 e. The second-order valence-electron chi connectivity index (χ2n) is 8.71. The number of benzene rings is 1. The van der Waals surface area contributed by atoms with Crippen LogP contribution < -0.4 is 0 Å². The fourth-order valence-electron chi connectivity index (χ4n) is 4.58. The van der Waals surface area contributed by atoms with Crippen molar-refractivity contribution in [2.75, 3.05) is 13.1 Å². The Hall–Kier alpha value is -3.23. The quantitative estimate of drug-likeness (QED) is 0.587. The highest BCUT2D eigenvalue weighted by Crippen LogP contribution is 2.32. The second kappa shape index (κ2) is 9.95. The molecule has 6 nitrogen and oxygen atoms in total. The second-order valence-corrected chi connectivity index (χ2v) is 8.71. The van der Waals surface area contributed by atoms with Crippen LogP contribution in [0.3, 0.4) is 0 Å². The number of amides is 3. The lowest BCUT2D eigenvalue weighted by atomic mass is 10.0. The fourth-order valence-corrected chi connectivity index (χ4v) is 4.58. The number of piperidine rings is 1. The molecule has 0 N–H and O–H groups in total. The predicted octanol–water partition coefficient (Wildman–Crippen LogP) is 4.28. The van der Waals surface area contributed by atoms with Gasteiger partial charge in [0.15, 0.2) is 0 Å². The number of alkyl halides is 3. The molecule has 34 heavy (non-hydrogen) atoms. The van der Waals surface area contributed by atoms with E-state index in [1.807, 2.05) is 18.2 Å². The molecule has 3 heterocycles. The van der Waals surface area contributed by atoms with Crippen LogP contribution in [0.5, 0.6) is 0 Å². The van der Waals surface area contributed by atoms with Gasteiger partial charge in [0.25, 0.3) is 0 Å². The van der Waals surface area contributed by atoms with Crippen molar-refractivity contribution in [1.82, 2.24) is 14.8 Å². The molecule has 2 aliphatic heterocycles. The van der Waals surface area contributed by atoms with Crippen LogP contribution >= 0.6 is 0 Å². The van der Waals surface area contributed by atoms with Gasteiger partial charge < -0.3 is 4.90 Å². The number of carbonyl (C=O) groups excluding carboxylic acids is 3. The molecule has 0 spiro atoms. The topological polar surface area (TPSA) is 70.6 Å². The van der Waals surface area contributed by atoms with E-state index in [0.29, 0.717) is 43.5 Å². The molecular formula is C25H26F3N3O3. The Morgan fingerprint density at radius 1 is 1.00 bits per heavy atom. The maximum atomic E-state index is 12.9. The van der Waals surface area contributed by atoms with Gasteiger partial charge in [0.2, 0.25) is 17.7 Å². The van der Waals surface area contributed by atoms with E-state index in [1.165, 1.54) is 17.0 Å². The minimum absolute atomic E-state index is 0.0826. The van der Waals surface area contributed by atoms with Crippen molar-refractivity contribution in [3.8, 4) is 0 Å². The first-order chi connectivity index (χ1) is 16.2. The van der Waals surface area contributed by atoms with Crippen molar-refractivity contribution >= 4 is 17.7 Å². The largest absolute Gasteiger partial charge is 0.416 e. The lowest BCUT2D eigenvalue weighted by Gasteiger charge is -2.28. The van der Waals surface area contributed by atoms with Crippen molar-refractivity contribution in [3.63, 3.8) is 0 Å². The van der Waals surface area contributed by atoms with Crippen LogP contribution in [-0.2, 0) is 27.0 Å². The molecule has 2 fully saturated rings. The van der Waals surface area contributed by atoms with Gasteiger partial charge in [0.05, 0.1) is 17.3 Å². The zero-order valence-corrected chi connectivity index (χ0v) is 18.7. The van der Waals surface area contributed by atoms with Gasteiger partial charge in [0.1, 0.15) is 0 Å². The molecule has 2 aliphatic rings. The molecule has 0 saturated carbocycles. The number of aromatic nitrogens is 1. The van der Waals surface area contributed by atoms with Crippen molar-refractivity contribution in [1.29, 1.82) is 0 Å². The first-order valence-corrected chi connectivity index (χ1v) is 11.5. The van der Waals surface area contributed by atoms with Crippen molar-refractivity contribution < 1.29 is 27.6 Å². The number of carbonyl (C=O) groups is 3. The van der Waals surface area contributed by atoms with Gasteiger partial charge in [-0.25, -0.2) is 0 Å². The van der Waals surface area contributed by atoms with Crippen molar-refractivity contribution in [3.05, 3.63) is 65.0 Å². The molecule has 2 saturated heterocycles. The summed E-state index contributed by atoms with van der Waals surface area (Å²) in [5, 5.41) is 0. The fraction of sp³-hybridized carbons (Fsp3) is 0.440. The summed E-state index contributed by atoms with van der Waals surface area (Å²) in [6, 6.07) is 10.3. The Kier molecular flexibility index (Phi) is 7.00. The van der Waals surface area contributed by atoms with E-state index in [0.717, 1.165) is 30.7 Å². The summed E-state index contributed by atoms with van der Waals surface area (Å²) in [5.74, 6) is -0.567. The van der Waals surface area contributed by atoms with Crippen LogP contribution in [0, 0.1) is 0 Å². The third-order valence-corrected chi connectivity index (χ3v) is 6.34. The number of hydrogen-bond acceptors (Lipinski definition) is 4. The van der Waals surface area contributed by atoms with Crippen LogP contribution in [0.1, 0.15) is 67.1 Å². The summed E-state index contributed by atoms with van der Waals surface area (Å²) in [5.41, 5.74) is 1.47. The molecule has 180 valence electrons. The molecule has 9 heteroatoms. The number of imide groups is 1. The van der Waals surface area contributed by atoms with E-state index >= 15 is 0 Å². The lowest BCUT2D eigenvalue weighted by molar-refractivity contribution is -0.148. The van der Waals surface area contributed by atoms with Crippen molar-refractivity contribution in [2.45, 2.75) is 57.2 Å². The molecule has 1 atom stereocenters. The van der Waals surface area contributed by atoms with Crippen LogP contribution in [0.25, 0.3) is 0 Å². The highest BCUT2D eigenvalue weighted by atomic mass is 19.4. The first-order valence-electron chi connectivity index (χ1n) is 11.5. The van der Waals surface area contributed by atoms with Gasteiger partial charge in [-0.15, -0.1) is 0 Å². The molecule has 0 aliphatic carbocycles. The van der Waals surface area contributed by atoms with Gasteiger partial charge in [-0.2, -0.15) is 13.2 Å². The molecule has 0 bridgehead atoms. The third kappa shape index (κ3) is 5.46. The number of rotatable bonds is 6. The number of pyridine rings is 1. The molecule has 1 aromatic heterocycles. The zero-order valence-electron chi connectivity index (χ0n) is 18.7. The minimum atomic E-state index is -4.37. The Balaban J connectivity index is 1.41. The van der Waals surface area contributed by atoms with E-state index in [-0.39, 0.29) is 36.7 Å². The summed E-state index contributed by atoms with van der Waals surface area (Å²) in [6.07, 6.45) is -1.10. The minimum Gasteiger partial charge on any atom is -0.334 e. The molecule has 1 unspecified atom stereocenters. The summed E-state index contributed by atoms with van der Waals surface area (Å²) < 4.78 is 38.4. The summed E-state index contributed by atoms with van der Waals surface area (Å²) in [7, 11) is 0. The SMILES string of the molecule is O=C1CCCC(=O)N1CCC(=O)N1CCCC1c1cccc(Cc2ccc(C(F)(F)F)cc2)n1. The van der Waals surface area contributed by atoms with Crippen molar-refractivity contribution in [2.24, 2.45) is 0 Å². The van der Waals surface area contributed by atoms with Gasteiger partial charge in [-0.05, 0) is 49.1 Å². The van der Waals surface area contributed by atoms with Gasteiger partial charge in [-0.1, -0.05) is 18.2 Å². The highest BCUT2D eigenvalue weighted by molar-refractivity contribution is 5.97. The zero-order chi connectivity index (χ0) is 24.3. The Morgan fingerprint density at radius 2 is 1.71 bits per heavy atom. The molecule has 3 amide bonds. The average molecular weight is 473 g/mol. The number of nitrogens with zero attached hydrogens (tertiary/aromatic N) is 3. The maximum Gasteiger partial charge on any atom is 0.416 e. The standard InChI is InChI=1S/C25H26F3N3O3/c26-25(27,28)18-11-9-17(10-12-18)16-19-4-1-5-20(29-19)21-6-3-14-30(21)24(34)13-15-31-22(32)7-2-8-23(31)33/h1,4-5,9-12,21H,2-3,6-8,13-16H2. The Bertz CT molecular complexity index is 1050. The number of halogens is 3.